The van der Waals surface area contributed by atoms with Crippen molar-refractivity contribution in [3.63, 3.8) is 0 Å². The number of rotatable bonds is 3. The molecular weight excluding hydrogens is 188 g/mol. The lowest BCUT2D eigenvalue weighted by molar-refractivity contribution is 0.130. The summed E-state index contributed by atoms with van der Waals surface area (Å²) in [5.41, 5.74) is 0.393. The van der Waals surface area contributed by atoms with Crippen molar-refractivity contribution < 1.29 is 8.78 Å². The van der Waals surface area contributed by atoms with E-state index in [4.69, 9.17) is 5.26 Å². The van der Waals surface area contributed by atoms with Crippen LogP contribution in [0.3, 0.4) is 0 Å². The second-order valence-electron chi connectivity index (χ2n) is 2.81. The Bertz CT molecular complexity index is 346. The van der Waals surface area contributed by atoms with Crippen LogP contribution < -0.4 is 5.32 Å². The molecule has 0 aliphatic carbocycles. The van der Waals surface area contributed by atoms with Crippen LogP contribution in [0.15, 0.2) is 18.3 Å². The zero-order chi connectivity index (χ0) is 10.6. The molecule has 0 aliphatic heterocycles. The van der Waals surface area contributed by atoms with Crippen molar-refractivity contribution in [2.45, 2.75) is 19.4 Å². The molecule has 0 bridgehead atoms. The van der Waals surface area contributed by atoms with Crippen LogP contribution in [0.2, 0.25) is 0 Å². The fraction of sp³-hybridized carbons (Fsp3) is 0.333. The number of nitrogens with one attached hydrogen (secondary N) is 1. The molecule has 5 heteroatoms. The molecule has 0 fully saturated rings. The Kier molecular flexibility index (Phi) is 3.35. The summed E-state index contributed by atoms with van der Waals surface area (Å²) in [6.07, 6.45) is -1.05. The quantitative estimate of drug-likeness (QED) is 0.806. The minimum atomic E-state index is -2.46. The number of aromatic nitrogens is 1. The fourth-order valence-electron chi connectivity index (χ4n) is 0.875. The molecule has 1 aromatic rings. The van der Waals surface area contributed by atoms with Crippen LogP contribution in [0.25, 0.3) is 0 Å². The fourth-order valence-corrected chi connectivity index (χ4v) is 0.875. The van der Waals surface area contributed by atoms with Gasteiger partial charge in [-0.15, -0.1) is 0 Å². The lowest BCUT2D eigenvalue weighted by Gasteiger charge is -2.12. The Balaban J connectivity index is 2.73. The molecule has 0 saturated carbocycles. The third-order valence-corrected chi connectivity index (χ3v) is 1.64. The van der Waals surface area contributed by atoms with Gasteiger partial charge in [0.2, 0.25) is 0 Å². The number of halogens is 2. The molecule has 1 aromatic heterocycles. The molecule has 0 aliphatic rings. The number of pyridine rings is 1. The summed E-state index contributed by atoms with van der Waals surface area (Å²) in [5.74, 6) is 0.289. The van der Waals surface area contributed by atoms with Crippen LogP contribution in [0.1, 0.15) is 12.5 Å². The molecule has 1 heterocycles. The molecule has 14 heavy (non-hydrogen) atoms. The molecule has 0 unspecified atom stereocenters. The van der Waals surface area contributed by atoms with E-state index in [2.05, 4.69) is 10.3 Å². The Hall–Kier alpha value is -1.70. The van der Waals surface area contributed by atoms with Gasteiger partial charge in [0.05, 0.1) is 17.7 Å². The first-order chi connectivity index (χ1) is 6.63. The molecule has 0 aromatic carbocycles. The standard InChI is InChI=1S/C9H9F2N3/c1-6(9(10)11)14-8-4-7(5-12)2-3-13-8/h2-4,6,9H,1H3,(H,13,14)/t6-/m1/s1. The highest BCUT2D eigenvalue weighted by molar-refractivity contribution is 5.42. The van der Waals surface area contributed by atoms with Gasteiger partial charge in [0.15, 0.2) is 0 Å². The minimum Gasteiger partial charge on any atom is -0.362 e. The smallest absolute Gasteiger partial charge is 0.258 e. The summed E-state index contributed by atoms with van der Waals surface area (Å²) in [5, 5.41) is 11.1. The number of nitrogens with zero attached hydrogens (tertiary/aromatic N) is 2. The maximum atomic E-state index is 12.1. The number of hydrogen-bond donors (Lipinski definition) is 1. The lowest BCUT2D eigenvalue weighted by atomic mass is 10.3. The lowest BCUT2D eigenvalue weighted by Crippen LogP contribution is -2.24. The van der Waals surface area contributed by atoms with Gasteiger partial charge in [0, 0.05) is 6.20 Å². The van der Waals surface area contributed by atoms with Crippen molar-refractivity contribution in [3.05, 3.63) is 23.9 Å². The van der Waals surface area contributed by atoms with Gasteiger partial charge in [0.1, 0.15) is 5.82 Å². The van der Waals surface area contributed by atoms with E-state index < -0.39 is 12.5 Å². The van der Waals surface area contributed by atoms with Gasteiger partial charge in [-0.2, -0.15) is 5.26 Å². The average Bonchev–Trinajstić information content (AvgIpc) is 2.18. The Morgan fingerprint density at radius 1 is 1.57 bits per heavy atom. The summed E-state index contributed by atoms with van der Waals surface area (Å²) >= 11 is 0. The Morgan fingerprint density at radius 2 is 2.29 bits per heavy atom. The van der Waals surface area contributed by atoms with E-state index in [0.717, 1.165) is 0 Å². The van der Waals surface area contributed by atoms with Gasteiger partial charge < -0.3 is 5.32 Å². The highest BCUT2D eigenvalue weighted by Crippen LogP contribution is 2.10. The predicted octanol–water partition coefficient (Wildman–Crippen LogP) is 2.02. The largest absolute Gasteiger partial charge is 0.362 e. The van der Waals surface area contributed by atoms with E-state index in [1.54, 1.807) is 0 Å². The summed E-state index contributed by atoms with van der Waals surface area (Å²) < 4.78 is 24.3. The molecule has 0 spiro atoms. The normalized spacial score (nSPS) is 12.2. The zero-order valence-electron chi connectivity index (χ0n) is 7.54. The van der Waals surface area contributed by atoms with E-state index in [9.17, 15) is 8.78 Å². The van der Waals surface area contributed by atoms with Crippen LogP contribution in [-0.2, 0) is 0 Å². The maximum Gasteiger partial charge on any atom is 0.258 e. The second-order valence-corrected chi connectivity index (χ2v) is 2.81. The third-order valence-electron chi connectivity index (χ3n) is 1.64. The molecular formula is C9H9F2N3. The molecule has 0 radical (unpaired) electrons. The summed E-state index contributed by atoms with van der Waals surface area (Å²) in [6.45, 7) is 1.35. The monoisotopic (exact) mass is 197 g/mol. The first-order valence-corrected chi connectivity index (χ1v) is 4.04. The van der Waals surface area contributed by atoms with Crippen LogP contribution in [-0.4, -0.2) is 17.5 Å². The van der Waals surface area contributed by atoms with Gasteiger partial charge in [-0.3, -0.25) is 0 Å². The summed E-state index contributed by atoms with van der Waals surface area (Å²) in [7, 11) is 0. The van der Waals surface area contributed by atoms with Crippen molar-refractivity contribution in [1.82, 2.24) is 4.98 Å². The van der Waals surface area contributed by atoms with E-state index in [1.165, 1.54) is 25.3 Å². The molecule has 74 valence electrons. The van der Waals surface area contributed by atoms with Crippen LogP contribution >= 0.6 is 0 Å². The van der Waals surface area contributed by atoms with Crippen LogP contribution in [0, 0.1) is 11.3 Å². The van der Waals surface area contributed by atoms with Crippen molar-refractivity contribution in [2.75, 3.05) is 5.32 Å². The van der Waals surface area contributed by atoms with Crippen molar-refractivity contribution >= 4 is 5.82 Å². The summed E-state index contributed by atoms with van der Waals surface area (Å²) in [4.78, 5) is 3.81. The van der Waals surface area contributed by atoms with E-state index >= 15 is 0 Å². The number of nitriles is 1. The van der Waals surface area contributed by atoms with Gasteiger partial charge in [-0.25, -0.2) is 13.8 Å². The Morgan fingerprint density at radius 3 is 2.86 bits per heavy atom. The van der Waals surface area contributed by atoms with Gasteiger partial charge in [0.25, 0.3) is 6.43 Å². The zero-order valence-corrected chi connectivity index (χ0v) is 7.54. The van der Waals surface area contributed by atoms with Gasteiger partial charge >= 0.3 is 0 Å². The van der Waals surface area contributed by atoms with E-state index in [-0.39, 0.29) is 5.82 Å². The van der Waals surface area contributed by atoms with Gasteiger partial charge in [-0.05, 0) is 19.1 Å². The van der Waals surface area contributed by atoms with Crippen LogP contribution in [0.4, 0.5) is 14.6 Å². The maximum absolute atomic E-state index is 12.1. The third kappa shape index (κ3) is 2.66. The van der Waals surface area contributed by atoms with Gasteiger partial charge in [-0.1, -0.05) is 0 Å². The first-order valence-electron chi connectivity index (χ1n) is 4.04. The number of anilines is 1. The molecule has 1 rings (SSSR count). The molecule has 1 atom stereocenters. The SMILES string of the molecule is C[C@@H](Nc1cc(C#N)ccn1)C(F)F. The highest BCUT2D eigenvalue weighted by atomic mass is 19.3. The second kappa shape index (κ2) is 4.51. The van der Waals surface area contributed by atoms with Crippen molar-refractivity contribution in [3.8, 4) is 6.07 Å². The molecule has 1 N–H and O–H groups in total. The minimum absolute atomic E-state index is 0.289. The predicted molar refractivity (Wildman–Crippen MR) is 48.0 cm³/mol. The number of alkyl halides is 2. The molecule has 3 nitrogen and oxygen atoms in total. The van der Waals surface area contributed by atoms with Crippen LogP contribution in [0.5, 0.6) is 0 Å². The number of hydrogen-bond acceptors (Lipinski definition) is 3. The van der Waals surface area contributed by atoms with E-state index in [0.29, 0.717) is 5.56 Å². The average molecular weight is 197 g/mol. The summed E-state index contributed by atoms with van der Waals surface area (Å²) in [6, 6.07) is 3.87. The van der Waals surface area contributed by atoms with Crippen molar-refractivity contribution in [2.24, 2.45) is 0 Å². The topological polar surface area (TPSA) is 48.7 Å². The highest BCUT2D eigenvalue weighted by Gasteiger charge is 2.14. The van der Waals surface area contributed by atoms with Crippen molar-refractivity contribution in [1.29, 1.82) is 5.26 Å². The first kappa shape index (κ1) is 10.4. The molecule has 0 saturated heterocycles. The Labute approximate surface area is 80.4 Å². The molecule has 0 amide bonds. The van der Waals surface area contributed by atoms with E-state index in [1.807, 2.05) is 6.07 Å².